The zero-order chi connectivity index (χ0) is 15.1. The second-order valence-electron chi connectivity index (χ2n) is 6.89. The van der Waals surface area contributed by atoms with Crippen molar-refractivity contribution in [2.24, 2.45) is 5.92 Å². The Labute approximate surface area is 130 Å². The van der Waals surface area contributed by atoms with Gasteiger partial charge in [-0.25, -0.2) is 0 Å². The minimum absolute atomic E-state index is 0.693. The lowest BCUT2D eigenvalue weighted by atomic mass is 10.0. The van der Waals surface area contributed by atoms with E-state index in [1.807, 2.05) is 0 Å². The van der Waals surface area contributed by atoms with E-state index in [0.717, 1.165) is 19.0 Å². The molecule has 1 saturated heterocycles. The van der Waals surface area contributed by atoms with Crippen LogP contribution in [0.3, 0.4) is 0 Å². The molecule has 2 nitrogen and oxygen atoms in total. The maximum absolute atomic E-state index is 3.66. The molecule has 21 heavy (non-hydrogen) atoms. The van der Waals surface area contributed by atoms with E-state index in [-0.39, 0.29) is 0 Å². The Morgan fingerprint density at radius 1 is 1.14 bits per heavy atom. The number of hydrogen-bond acceptors (Lipinski definition) is 2. The highest BCUT2D eigenvalue weighted by atomic mass is 15.1. The van der Waals surface area contributed by atoms with Gasteiger partial charge in [-0.3, -0.25) is 4.90 Å². The number of nitrogens with zero attached hydrogens (tertiary/aromatic N) is 1. The van der Waals surface area contributed by atoms with Gasteiger partial charge in [0.15, 0.2) is 0 Å². The summed E-state index contributed by atoms with van der Waals surface area (Å²) in [7, 11) is 0. The van der Waals surface area contributed by atoms with E-state index in [2.05, 4.69) is 55.3 Å². The molecule has 0 spiro atoms. The molecule has 1 aromatic carbocycles. The summed E-state index contributed by atoms with van der Waals surface area (Å²) in [4.78, 5) is 2.57. The number of piperidine rings is 1. The maximum atomic E-state index is 3.66. The molecule has 1 aromatic rings. The smallest absolute Gasteiger partial charge is 0.0234 e. The van der Waals surface area contributed by atoms with E-state index in [0.29, 0.717) is 6.04 Å². The fourth-order valence-corrected chi connectivity index (χ4v) is 3.21. The topological polar surface area (TPSA) is 15.3 Å². The molecule has 0 radical (unpaired) electrons. The monoisotopic (exact) mass is 288 g/mol. The van der Waals surface area contributed by atoms with E-state index < -0.39 is 0 Å². The molecule has 2 heteroatoms. The SMILES string of the molecule is CCN(Cc1ccc(CC(C)C)cc1)CC1CCCCN1. The highest BCUT2D eigenvalue weighted by Gasteiger charge is 2.15. The molecule has 1 aliphatic heterocycles. The van der Waals surface area contributed by atoms with Crippen molar-refractivity contribution in [1.82, 2.24) is 10.2 Å². The highest BCUT2D eigenvalue weighted by Crippen LogP contribution is 2.13. The van der Waals surface area contributed by atoms with Crippen LogP contribution in [0.2, 0.25) is 0 Å². The predicted octanol–water partition coefficient (Wildman–Crippen LogP) is 3.85. The molecule has 1 heterocycles. The normalized spacial score (nSPS) is 19.4. The number of likely N-dealkylation sites (N-methyl/N-ethyl adjacent to an activating group) is 1. The van der Waals surface area contributed by atoms with Crippen molar-refractivity contribution in [3.05, 3.63) is 35.4 Å². The van der Waals surface area contributed by atoms with Gasteiger partial charge < -0.3 is 5.32 Å². The Morgan fingerprint density at radius 2 is 1.86 bits per heavy atom. The molecule has 1 unspecified atom stereocenters. The first-order chi connectivity index (χ1) is 10.2. The number of rotatable bonds is 7. The third-order valence-corrected chi connectivity index (χ3v) is 4.41. The summed E-state index contributed by atoms with van der Waals surface area (Å²) in [6.45, 7) is 11.4. The Kier molecular flexibility index (Phi) is 6.72. The Bertz CT molecular complexity index is 391. The second-order valence-corrected chi connectivity index (χ2v) is 6.89. The largest absolute Gasteiger partial charge is 0.313 e. The second kappa shape index (κ2) is 8.55. The molecule has 0 amide bonds. The van der Waals surface area contributed by atoms with Crippen molar-refractivity contribution in [3.8, 4) is 0 Å². The molecule has 0 aliphatic carbocycles. The minimum atomic E-state index is 0.693. The molecule has 1 fully saturated rings. The van der Waals surface area contributed by atoms with Crippen LogP contribution in [0.4, 0.5) is 0 Å². The zero-order valence-corrected chi connectivity index (χ0v) is 14.1. The Morgan fingerprint density at radius 3 is 2.43 bits per heavy atom. The third kappa shape index (κ3) is 5.80. The Hall–Kier alpha value is -0.860. The highest BCUT2D eigenvalue weighted by molar-refractivity contribution is 5.22. The quantitative estimate of drug-likeness (QED) is 0.820. The van der Waals surface area contributed by atoms with Crippen molar-refractivity contribution in [2.75, 3.05) is 19.6 Å². The molecular weight excluding hydrogens is 256 g/mol. The van der Waals surface area contributed by atoms with Crippen LogP contribution in [0.25, 0.3) is 0 Å². The van der Waals surface area contributed by atoms with Crippen LogP contribution in [-0.4, -0.2) is 30.6 Å². The fraction of sp³-hybridized carbons (Fsp3) is 0.684. The summed E-state index contributed by atoms with van der Waals surface area (Å²) in [6.07, 6.45) is 5.26. The van der Waals surface area contributed by atoms with E-state index >= 15 is 0 Å². The molecule has 118 valence electrons. The van der Waals surface area contributed by atoms with Gasteiger partial charge in [0.1, 0.15) is 0 Å². The standard InChI is InChI=1S/C19H32N2/c1-4-21(15-19-7-5-6-12-20-19)14-18-10-8-17(9-11-18)13-16(2)3/h8-11,16,19-20H,4-7,12-15H2,1-3H3. The number of hydrogen-bond donors (Lipinski definition) is 1. The van der Waals surface area contributed by atoms with Crippen LogP contribution in [0, 0.1) is 5.92 Å². The Balaban J connectivity index is 1.85. The molecule has 1 atom stereocenters. The van der Waals surface area contributed by atoms with Crippen LogP contribution in [0.1, 0.15) is 51.2 Å². The summed E-state index contributed by atoms with van der Waals surface area (Å²) in [5.41, 5.74) is 2.91. The fourth-order valence-electron chi connectivity index (χ4n) is 3.21. The molecular formula is C19H32N2. The zero-order valence-electron chi connectivity index (χ0n) is 14.1. The summed E-state index contributed by atoms with van der Waals surface area (Å²) >= 11 is 0. The van der Waals surface area contributed by atoms with Gasteiger partial charge in [0.05, 0.1) is 0 Å². The van der Waals surface area contributed by atoms with Crippen molar-refractivity contribution >= 4 is 0 Å². The first-order valence-electron chi connectivity index (χ1n) is 8.71. The minimum Gasteiger partial charge on any atom is -0.313 e. The molecule has 0 bridgehead atoms. The van der Waals surface area contributed by atoms with E-state index in [1.165, 1.54) is 49.9 Å². The summed E-state index contributed by atoms with van der Waals surface area (Å²) in [5.74, 6) is 0.736. The van der Waals surface area contributed by atoms with Crippen LogP contribution >= 0.6 is 0 Å². The van der Waals surface area contributed by atoms with Gasteiger partial charge in [0.2, 0.25) is 0 Å². The van der Waals surface area contributed by atoms with Crippen molar-refractivity contribution in [3.63, 3.8) is 0 Å². The van der Waals surface area contributed by atoms with Gasteiger partial charge in [-0.1, -0.05) is 51.5 Å². The summed E-state index contributed by atoms with van der Waals surface area (Å²) in [5, 5.41) is 3.66. The van der Waals surface area contributed by atoms with Gasteiger partial charge in [-0.15, -0.1) is 0 Å². The molecule has 2 rings (SSSR count). The van der Waals surface area contributed by atoms with E-state index in [4.69, 9.17) is 0 Å². The molecule has 0 saturated carbocycles. The van der Waals surface area contributed by atoms with Crippen LogP contribution < -0.4 is 5.32 Å². The summed E-state index contributed by atoms with van der Waals surface area (Å²) in [6, 6.07) is 9.94. The van der Waals surface area contributed by atoms with E-state index in [9.17, 15) is 0 Å². The summed E-state index contributed by atoms with van der Waals surface area (Å²) < 4.78 is 0. The molecule has 1 N–H and O–H groups in total. The third-order valence-electron chi connectivity index (χ3n) is 4.41. The van der Waals surface area contributed by atoms with Crippen LogP contribution in [0.5, 0.6) is 0 Å². The van der Waals surface area contributed by atoms with Crippen molar-refractivity contribution in [1.29, 1.82) is 0 Å². The van der Waals surface area contributed by atoms with Gasteiger partial charge in [0, 0.05) is 19.1 Å². The molecule has 1 aliphatic rings. The van der Waals surface area contributed by atoms with E-state index in [1.54, 1.807) is 0 Å². The first kappa shape index (κ1) is 16.5. The first-order valence-corrected chi connectivity index (χ1v) is 8.71. The van der Waals surface area contributed by atoms with Gasteiger partial charge in [-0.05, 0) is 49.4 Å². The predicted molar refractivity (Wildman–Crippen MR) is 91.6 cm³/mol. The van der Waals surface area contributed by atoms with Crippen LogP contribution in [-0.2, 0) is 13.0 Å². The maximum Gasteiger partial charge on any atom is 0.0234 e. The number of nitrogens with one attached hydrogen (secondary N) is 1. The average Bonchev–Trinajstić information content (AvgIpc) is 2.49. The van der Waals surface area contributed by atoms with Gasteiger partial charge in [0.25, 0.3) is 0 Å². The van der Waals surface area contributed by atoms with Gasteiger partial charge in [-0.2, -0.15) is 0 Å². The van der Waals surface area contributed by atoms with Crippen molar-refractivity contribution < 1.29 is 0 Å². The average molecular weight is 288 g/mol. The van der Waals surface area contributed by atoms with Gasteiger partial charge >= 0.3 is 0 Å². The number of benzene rings is 1. The van der Waals surface area contributed by atoms with Crippen molar-refractivity contribution in [2.45, 2.75) is 59.0 Å². The lowest BCUT2D eigenvalue weighted by molar-refractivity contribution is 0.226. The molecule has 0 aromatic heterocycles. The lowest BCUT2D eigenvalue weighted by Crippen LogP contribution is -2.43. The lowest BCUT2D eigenvalue weighted by Gasteiger charge is -2.30. The van der Waals surface area contributed by atoms with Crippen LogP contribution in [0.15, 0.2) is 24.3 Å².